The summed E-state index contributed by atoms with van der Waals surface area (Å²) in [7, 11) is 0. The number of nitrogens with zero attached hydrogens (tertiary/aromatic N) is 1. The number of alkyl halides is 5. The molecule has 0 aliphatic heterocycles. The number of carboxylic acids is 1. The second-order valence-corrected chi connectivity index (χ2v) is 4.08. The highest BCUT2D eigenvalue weighted by Gasteiger charge is 2.39. The molecular weight excluding hydrogens is 329 g/mol. The molecule has 1 heterocycles. The van der Waals surface area contributed by atoms with Crippen LogP contribution in [0.3, 0.4) is 0 Å². The van der Waals surface area contributed by atoms with Crippen LogP contribution >= 0.6 is 15.9 Å². The Morgan fingerprint density at radius 1 is 1.44 bits per heavy atom. The molecule has 0 aliphatic carbocycles. The Morgan fingerprint density at radius 2 is 2.00 bits per heavy atom. The van der Waals surface area contributed by atoms with E-state index in [9.17, 15) is 26.7 Å². The lowest BCUT2D eigenvalue weighted by Crippen LogP contribution is -2.15. The van der Waals surface area contributed by atoms with E-state index in [2.05, 4.69) is 20.9 Å². The van der Waals surface area contributed by atoms with Crippen molar-refractivity contribution in [2.45, 2.75) is 19.0 Å². The van der Waals surface area contributed by atoms with Crippen LogP contribution in [0.1, 0.15) is 23.4 Å². The van der Waals surface area contributed by atoms with Gasteiger partial charge in [-0.2, -0.15) is 13.2 Å². The van der Waals surface area contributed by atoms with Gasteiger partial charge in [-0.1, -0.05) is 15.9 Å². The van der Waals surface area contributed by atoms with Crippen LogP contribution in [0.4, 0.5) is 22.0 Å². The smallest absolute Gasteiger partial charge is 0.419 e. The van der Waals surface area contributed by atoms with E-state index < -0.39 is 40.7 Å². The molecule has 0 bridgehead atoms. The van der Waals surface area contributed by atoms with Crippen LogP contribution in [-0.4, -0.2) is 16.1 Å². The fraction of sp³-hybridized carbons (Fsp3) is 0.333. The molecular formula is C9H5BrF5NO2. The summed E-state index contributed by atoms with van der Waals surface area (Å²) in [5.74, 6) is -1.38. The Hall–Kier alpha value is -1.25. The fourth-order valence-electron chi connectivity index (χ4n) is 1.27. The van der Waals surface area contributed by atoms with Gasteiger partial charge in [0, 0.05) is 4.47 Å². The lowest BCUT2D eigenvalue weighted by Gasteiger charge is -2.14. The van der Waals surface area contributed by atoms with Gasteiger partial charge in [-0.3, -0.25) is 9.78 Å². The molecule has 1 rings (SSSR count). The monoisotopic (exact) mass is 333 g/mol. The van der Waals surface area contributed by atoms with E-state index in [1.807, 2.05) is 0 Å². The second-order valence-electron chi connectivity index (χ2n) is 3.22. The summed E-state index contributed by atoms with van der Waals surface area (Å²) in [5, 5.41) is 8.45. The maximum Gasteiger partial charge on any atom is 0.419 e. The molecule has 0 amide bonds. The molecule has 1 aromatic heterocycles. The number of rotatable bonds is 3. The Labute approximate surface area is 106 Å². The van der Waals surface area contributed by atoms with Gasteiger partial charge < -0.3 is 5.11 Å². The van der Waals surface area contributed by atoms with E-state index in [0.717, 1.165) is 6.07 Å². The SMILES string of the molecule is O=C(O)Cc1cc(Br)c(C(F)(F)F)c(C(F)F)n1. The highest BCUT2D eigenvalue weighted by Crippen LogP contribution is 2.40. The third-order valence-corrected chi connectivity index (χ3v) is 2.50. The number of aliphatic carboxylic acids is 1. The van der Waals surface area contributed by atoms with Crippen LogP contribution in [0.5, 0.6) is 0 Å². The number of aromatic nitrogens is 1. The van der Waals surface area contributed by atoms with Crippen molar-refractivity contribution >= 4 is 21.9 Å². The molecule has 0 atom stereocenters. The maximum atomic E-state index is 12.5. The molecule has 100 valence electrons. The highest BCUT2D eigenvalue weighted by molar-refractivity contribution is 9.10. The zero-order chi connectivity index (χ0) is 14.1. The first kappa shape index (κ1) is 14.8. The molecule has 0 unspecified atom stereocenters. The van der Waals surface area contributed by atoms with Crippen LogP contribution in [0.2, 0.25) is 0 Å². The predicted octanol–water partition coefficient (Wildman–Crippen LogP) is 3.43. The third kappa shape index (κ3) is 3.37. The molecule has 0 aromatic carbocycles. The Kier molecular flexibility index (Phi) is 4.25. The predicted molar refractivity (Wildman–Crippen MR) is 53.2 cm³/mol. The topological polar surface area (TPSA) is 50.2 Å². The van der Waals surface area contributed by atoms with Crippen LogP contribution < -0.4 is 0 Å². The minimum Gasteiger partial charge on any atom is -0.481 e. The van der Waals surface area contributed by atoms with Crippen molar-refractivity contribution < 1.29 is 31.9 Å². The Bertz CT molecular complexity index is 475. The van der Waals surface area contributed by atoms with Gasteiger partial charge in [0.05, 0.1) is 17.7 Å². The summed E-state index contributed by atoms with van der Waals surface area (Å²) in [4.78, 5) is 13.4. The number of hydrogen-bond donors (Lipinski definition) is 1. The molecule has 18 heavy (non-hydrogen) atoms. The average molecular weight is 334 g/mol. The molecule has 9 heteroatoms. The molecule has 0 saturated carbocycles. The first-order valence-corrected chi connectivity index (χ1v) is 5.18. The summed E-state index contributed by atoms with van der Waals surface area (Å²) in [5.41, 5.74) is -3.45. The number of halogens is 6. The number of carbonyl (C=O) groups is 1. The van der Waals surface area contributed by atoms with Gasteiger partial charge in [0.15, 0.2) is 0 Å². The van der Waals surface area contributed by atoms with Crippen molar-refractivity contribution in [3.63, 3.8) is 0 Å². The summed E-state index contributed by atoms with van der Waals surface area (Å²) in [6.07, 6.45) is -9.19. The molecule has 0 radical (unpaired) electrons. The second kappa shape index (κ2) is 5.17. The van der Waals surface area contributed by atoms with Crippen molar-refractivity contribution in [2.24, 2.45) is 0 Å². The van der Waals surface area contributed by atoms with E-state index in [4.69, 9.17) is 5.11 Å². The number of carboxylic acid groups (broad SMARTS) is 1. The largest absolute Gasteiger partial charge is 0.481 e. The molecule has 0 fully saturated rings. The van der Waals surface area contributed by atoms with Gasteiger partial charge in [0.25, 0.3) is 6.43 Å². The van der Waals surface area contributed by atoms with Crippen LogP contribution in [-0.2, 0) is 17.4 Å². The Morgan fingerprint density at radius 3 is 2.39 bits per heavy atom. The van der Waals surface area contributed by atoms with E-state index in [0.29, 0.717) is 0 Å². The molecule has 3 nitrogen and oxygen atoms in total. The molecule has 1 aromatic rings. The Balaban J connectivity index is 3.41. The third-order valence-electron chi connectivity index (χ3n) is 1.87. The van der Waals surface area contributed by atoms with Gasteiger partial charge in [-0.15, -0.1) is 0 Å². The zero-order valence-corrected chi connectivity index (χ0v) is 10.0. The van der Waals surface area contributed by atoms with Gasteiger partial charge in [0.1, 0.15) is 5.69 Å². The summed E-state index contributed by atoms with van der Waals surface area (Å²) < 4.78 is 62.0. The maximum absolute atomic E-state index is 12.5. The zero-order valence-electron chi connectivity index (χ0n) is 8.43. The van der Waals surface area contributed by atoms with Gasteiger partial charge >= 0.3 is 12.1 Å². The molecule has 0 saturated heterocycles. The summed E-state index contributed by atoms with van der Waals surface area (Å²) in [6.45, 7) is 0. The summed E-state index contributed by atoms with van der Waals surface area (Å²) >= 11 is 2.51. The van der Waals surface area contributed by atoms with Crippen molar-refractivity contribution in [3.05, 3.63) is 27.5 Å². The lowest BCUT2D eigenvalue weighted by atomic mass is 10.1. The lowest BCUT2D eigenvalue weighted by molar-refractivity contribution is -0.140. The van der Waals surface area contributed by atoms with E-state index in [1.165, 1.54) is 0 Å². The van der Waals surface area contributed by atoms with Crippen LogP contribution in [0.15, 0.2) is 10.5 Å². The minimum absolute atomic E-state index is 0.377. The van der Waals surface area contributed by atoms with Gasteiger partial charge in [-0.05, 0) is 6.07 Å². The normalized spacial score (nSPS) is 11.9. The molecule has 0 spiro atoms. The van der Waals surface area contributed by atoms with Crippen LogP contribution in [0.25, 0.3) is 0 Å². The molecule has 0 aliphatic rings. The van der Waals surface area contributed by atoms with Crippen molar-refractivity contribution in [2.75, 3.05) is 0 Å². The van der Waals surface area contributed by atoms with E-state index in [1.54, 1.807) is 0 Å². The van der Waals surface area contributed by atoms with Crippen molar-refractivity contribution in [1.82, 2.24) is 4.98 Å². The van der Waals surface area contributed by atoms with Crippen LogP contribution in [0, 0.1) is 0 Å². The van der Waals surface area contributed by atoms with E-state index in [-0.39, 0.29) is 5.69 Å². The van der Waals surface area contributed by atoms with Gasteiger partial charge in [0.2, 0.25) is 0 Å². The van der Waals surface area contributed by atoms with Crippen molar-refractivity contribution in [3.8, 4) is 0 Å². The quantitative estimate of drug-likeness (QED) is 0.862. The highest BCUT2D eigenvalue weighted by atomic mass is 79.9. The van der Waals surface area contributed by atoms with Gasteiger partial charge in [-0.25, -0.2) is 8.78 Å². The molecule has 1 N–H and O–H groups in total. The summed E-state index contributed by atoms with van der Waals surface area (Å²) in [6, 6.07) is 0.767. The first-order chi connectivity index (χ1) is 8.12. The standard InChI is InChI=1S/C9H5BrF5NO2/c10-4-1-3(2-5(17)18)16-7(8(11)12)6(4)9(13,14)15/h1,8H,2H2,(H,17,18). The number of hydrogen-bond acceptors (Lipinski definition) is 2. The van der Waals surface area contributed by atoms with E-state index >= 15 is 0 Å². The first-order valence-electron chi connectivity index (χ1n) is 4.39. The van der Waals surface area contributed by atoms with Crippen molar-refractivity contribution in [1.29, 1.82) is 0 Å². The number of pyridine rings is 1. The fourth-order valence-corrected chi connectivity index (χ4v) is 1.96. The average Bonchev–Trinajstić information content (AvgIpc) is 2.12. The minimum atomic E-state index is -5.00.